The fourth-order valence-electron chi connectivity index (χ4n) is 3.60. The predicted octanol–water partition coefficient (Wildman–Crippen LogP) is 3.08. The minimum Gasteiger partial charge on any atom is -0.394 e. The highest BCUT2D eigenvalue weighted by Gasteiger charge is 2.26. The number of aliphatic hydroxyl groups excluding tert-OH is 1. The summed E-state index contributed by atoms with van der Waals surface area (Å²) in [5.74, 6) is 0.295. The number of hydrogen-bond donors (Lipinski definition) is 2. The molecule has 0 saturated carbocycles. The van der Waals surface area contributed by atoms with E-state index in [9.17, 15) is 14.3 Å². The van der Waals surface area contributed by atoms with E-state index in [1.54, 1.807) is 42.7 Å². The van der Waals surface area contributed by atoms with E-state index in [0.717, 1.165) is 5.56 Å². The van der Waals surface area contributed by atoms with Crippen LogP contribution in [0.5, 0.6) is 0 Å². The lowest BCUT2D eigenvalue weighted by Gasteiger charge is -2.26. The van der Waals surface area contributed by atoms with Crippen molar-refractivity contribution >= 4 is 17.5 Å². The molecule has 0 spiro atoms. The van der Waals surface area contributed by atoms with Crippen LogP contribution in [0.2, 0.25) is 5.02 Å². The molecule has 31 heavy (non-hydrogen) atoms. The molecule has 2 N–H and O–H groups in total. The highest BCUT2D eigenvalue weighted by atomic mass is 35.5. The number of nitrogens with one attached hydrogen (secondary N) is 1. The predicted molar refractivity (Wildman–Crippen MR) is 116 cm³/mol. The molecule has 1 aliphatic rings. The summed E-state index contributed by atoms with van der Waals surface area (Å²) in [5, 5.41) is 13.4. The Kier molecular flexibility index (Phi) is 6.60. The van der Waals surface area contributed by atoms with Crippen molar-refractivity contribution in [3.8, 4) is 11.3 Å². The van der Waals surface area contributed by atoms with Gasteiger partial charge in [-0.1, -0.05) is 23.7 Å². The molecule has 1 saturated heterocycles. The van der Waals surface area contributed by atoms with E-state index in [4.69, 9.17) is 16.3 Å². The van der Waals surface area contributed by atoms with Crippen molar-refractivity contribution in [1.82, 2.24) is 14.5 Å². The third-order valence-electron chi connectivity index (χ3n) is 5.24. The molecule has 7 nitrogen and oxygen atoms in total. The molecule has 2 aromatic heterocycles. The first-order valence-electron chi connectivity index (χ1n) is 9.95. The second-order valence-corrected chi connectivity index (χ2v) is 7.75. The van der Waals surface area contributed by atoms with Crippen LogP contribution in [0.4, 0.5) is 10.3 Å². The molecule has 0 bridgehead atoms. The van der Waals surface area contributed by atoms with Crippen molar-refractivity contribution in [2.24, 2.45) is 0 Å². The highest BCUT2D eigenvalue weighted by molar-refractivity contribution is 6.30. The van der Waals surface area contributed by atoms with Crippen LogP contribution < -0.4 is 10.9 Å². The lowest BCUT2D eigenvalue weighted by molar-refractivity contribution is 0.0284. The fourth-order valence-corrected chi connectivity index (χ4v) is 3.79. The molecule has 3 atom stereocenters. The summed E-state index contributed by atoms with van der Waals surface area (Å²) in [6, 6.07) is 10.9. The summed E-state index contributed by atoms with van der Waals surface area (Å²) in [5.41, 5.74) is 1.57. The number of benzene rings is 1. The lowest BCUT2D eigenvalue weighted by Crippen LogP contribution is -2.39. The number of aliphatic hydroxyl groups is 1. The van der Waals surface area contributed by atoms with Gasteiger partial charge in [-0.2, -0.15) is 0 Å². The Labute approximate surface area is 183 Å². The normalized spacial score (nSPS) is 19.7. The molecule has 4 rings (SSSR count). The minimum atomic E-state index is -1.13. The van der Waals surface area contributed by atoms with Gasteiger partial charge in [-0.3, -0.25) is 4.79 Å². The monoisotopic (exact) mass is 444 g/mol. The number of nitrogens with zero attached hydrogens (tertiary/aromatic N) is 3. The Morgan fingerprint density at radius 2 is 2.19 bits per heavy atom. The van der Waals surface area contributed by atoms with Gasteiger partial charge < -0.3 is 19.7 Å². The van der Waals surface area contributed by atoms with E-state index in [-0.39, 0.29) is 18.8 Å². The number of anilines is 1. The van der Waals surface area contributed by atoms with E-state index in [2.05, 4.69) is 15.3 Å². The van der Waals surface area contributed by atoms with Crippen LogP contribution in [0, 0.1) is 0 Å². The first kappa shape index (κ1) is 21.4. The lowest BCUT2D eigenvalue weighted by atomic mass is 10.1. The Bertz CT molecular complexity index is 1110. The third-order valence-corrected chi connectivity index (χ3v) is 5.48. The Morgan fingerprint density at radius 1 is 1.32 bits per heavy atom. The summed E-state index contributed by atoms with van der Waals surface area (Å²) in [7, 11) is 0. The summed E-state index contributed by atoms with van der Waals surface area (Å²) >= 11 is 6.05. The van der Waals surface area contributed by atoms with Gasteiger partial charge >= 0.3 is 0 Å². The zero-order valence-corrected chi connectivity index (χ0v) is 17.4. The van der Waals surface area contributed by atoms with Crippen LogP contribution in [0.1, 0.15) is 18.0 Å². The molecule has 3 aromatic rings. The smallest absolute Gasteiger partial charge is 0.251 e. The van der Waals surface area contributed by atoms with Gasteiger partial charge in [0, 0.05) is 35.7 Å². The topological polar surface area (TPSA) is 89.3 Å². The van der Waals surface area contributed by atoms with Crippen LogP contribution in [-0.4, -0.2) is 51.7 Å². The molecule has 0 radical (unpaired) electrons. The molecule has 0 aliphatic carbocycles. The molecular weight excluding hydrogens is 423 g/mol. The summed E-state index contributed by atoms with van der Waals surface area (Å²) < 4.78 is 20.6. The molecule has 0 amide bonds. The van der Waals surface area contributed by atoms with Gasteiger partial charge in [-0.15, -0.1) is 0 Å². The second kappa shape index (κ2) is 9.55. The summed E-state index contributed by atoms with van der Waals surface area (Å²) in [4.78, 5) is 21.4. The molecule has 2 unspecified atom stereocenters. The van der Waals surface area contributed by atoms with Crippen molar-refractivity contribution in [1.29, 1.82) is 0 Å². The molecule has 162 valence electrons. The van der Waals surface area contributed by atoms with Crippen molar-refractivity contribution in [2.45, 2.75) is 24.7 Å². The average Bonchev–Trinajstić information content (AvgIpc) is 2.77. The number of hydrogen-bond acceptors (Lipinski definition) is 6. The number of halogens is 2. The maximum Gasteiger partial charge on any atom is 0.251 e. The van der Waals surface area contributed by atoms with Crippen LogP contribution >= 0.6 is 11.6 Å². The van der Waals surface area contributed by atoms with E-state index in [1.165, 1.54) is 10.6 Å². The zero-order chi connectivity index (χ0) is 21.8. The van der Waals surface area contributed by atoms with Gasteiger partial charge in [0.1, 0.15) is 6.17 Å². The van der Waals surface area contributed by atoms with Gasteiger partial charge in [0.2, 0.25) is 5.95 Å². The molecular formula is C22H22ClFN4O3. The van der Waals surface area contributed by atoms with Gasteiger partial charge in [0.15, 0.2) is 0 Å². The van der Waals surface area contributed by atoms with Gasteiger partial charge in [-0.25, -0.2) is 14.4 Å². The first-order valence-corrected chi connectivity index (χ1v) is 10.3. The number of pyridine rings is 1. The Balaban J connectivity index is 1.58. The molecule has 1 fully saturated rings. The first-order chi connectivity index (χ1) is 15.0. The number of ether oxygens (including phenoxy) is 1. The van der Waals surface area contributed by atoms with Crippen LogP contribution in [0.3, 0.4) is 0 Å². The van der Waals surface area contributed by atoms with Crippen molar-refractivity contribution in [2.75, 3.05) is 25.1 Å². The van der Waals surface area contributed by atoms with E-state index >= 15 is 0 Å². The maximum absolute atomic E-state index is 14.0. The van der Waals surface area contributed by atoms with Crippen molar-refractivity contribution < 1.29 is 14.2 Å². The standard InChI is InChI=1S/C22H22ClFN4O3/c23-16-3-1-2-15(10-16)20(12-29)28-8-5-14(11-21(28)30)18-4-7-25-22(26-18)27-19-6-9-31-13-17(19)24/h1-5,7-8,10-11,17,19-20,29H,6,9,12-13H2,(H,25,26,27)/t17?,19?,20-/m1/s1. The highest BCUT2D eigenvalue weighted by Crippen LogP contribution is 2.22. The number of alkyl halides is 1. The SMILES string of the molecule is O=c1cc(-c2ccnc(NC3CCOCC3F)n2)ccn1[C@H](CO)c1cccc(Cl)c1. The Morgan fingerprint density at radius 3 is 2.94 bits per heavy atom. The summed E-state index contributed by atoms with van der Waals surface area (Å²) in [6.07, 6.45) is 2.57. The Hall–Kier alpha value is -2.81. The second-order valence-electron chi connectivity index (χ2n) is 7.31. The average molecular weight is 445 g/mol. The molecule has 1 aliphatic heterocycles. The maximum atomic E-state index is 14.0. The zero-order valence-electron chi connectivity index (χ0n) is 16.6. The van der Waals surface area contributed by atoms with Crippen LogP contribution in [0.15, 0.2) is 59.7 Å². The molecule has 1 aromatic carbocycles. The fraction of sp³-hybridized carbons (Fsp3) is 0.318. The van der Waals surface area contributed by atoms with Crippen molar-refractivity contribution in [3.05, 3.63) is 75.8 Å². The number of rotatable bonds is 6. The van der Waals surface area contributed by atoms with Crippen molar-refractivity contribution in [3.63, 3.8) is 0 Å². The largest absolute Gasteiger partial charge is 0.394 e. The van der Waals surface area contributed by atoms with Gasteiger partial charge in [0.05, 0.1) is 31.0 Å². The van der Waals surface area contributed by atoms with E-state index < -0.39 is 18.3 Å². The van der Waals surface area contributed by atoms with Crippen LogP contribution in [0.25, 0.3) is 11.3 Å². The van der Waals surface area contributed by atoms with Gasteiger partial charge in [0.25, 0.3) is 5.56 Å². The van der Waals surface area contributed by atoms with Crippen LogP contribution in [-0.2, 0) is 4.74 Å². The van der Waals surface area contributed by atoms with E-state index in [1.807, 2.05) is 6.07 Å². The minimum absolute atomic E-state index is 0.0498. The van der Waals surface area contributed by atoms with Gasteiger partial charge in [-0.05, 0) is 36.2 Å². The molecule has 9 heteroatoms. The summed E-state index contributed by atoms with van der Waals surface area (Å²) in [6.45, 7) is 0.277. The molecule has 3 heterocycles. The van der Waals surface area contributed by atoms with E-state index in [0.29, 0.717) is 35.3 Å². The quantitative estimate of drug-likeness (QED) is 0.607. The number of aromatic nitrogens is 3. The third kappa shape index (κ3) is 4.92.